The van der Waals surface area contributed by atoms with E-state index in [-0.39, 0.29) is 16.2 Å². The van der Waals surface area contributed by atoms with Crippen LogP contribution in [0.1, 0.15) is 34.3 Å². The van der Waals surface area contributed by atoms with E-state index in [1.807, 2.05) is 23.1 Å². The van der Waals surface area contributed by atoms with Crippen LogP contribution >= 0.6 is 12.2 Å². The fraction of sp³-hybridized carbons (Fsp3) is 0.267. The number of carbonyl (C=O) groups excluding carboxylic acids is 2. The molecule has 38 heavy (non-hydrogen) atoms. The number of rotatable bonds is 6. The molecule has 8 heteroatoms. The van der Waals surface area contributed by atoms with E-state index in [1.165, 1.54) is 17.2 Å². The summed E-state index contributed by atoms with van der Waals surface area (Å²) in [5.74, 6) is 0.243. The molecule has 1 aliphatic heterocycles. The van der Waals surface area contributed by atoms with E-state index >= 15 is 0 Å². The summed E-state index contributed by atoms with van der Waals surface area (Å²) in [5.41, 5.74) is 3.35. The Bertz CT molecular complexity index is 1580. The molecule has 1 amide bonds. The first-order chi connectivity index (χ1) is 18.4. The van der Waals surface area contributed by atoms with Crippen LogP contribution in [0, 0.1) is 10.7 Å². The van der Waals surface area contributed by atoms with E-state index in [0.29, 0.717) is 34.5 Å². The number of carbonyl (C=O) groups is 2. The van der Waals surface area contributed by atoms with Crippen LogP contribution in [0.3, 0.4) is 0 Å². The van der Waals surface area contributed by atoms with E-state index in [2.05, 4.69) is 29.2 Å². The lowest BCUT2D eigenvalue weighted by Gasteiger charge is -2.32. The average molecular weight is 528 g/mol. The highest BCUT2D eigenvalue weighted by Gasteiger charge is 2.23. The van der Waals surface area contributed by atoms with Crippen LogP contribution in [0.4, 0.5) is 0 Å². The van der Waals surface area contributed by atoms with Crippen LogP contribution in [0.25, 0.3) is 16.6 Å². The van der Waals surface area contributed by atoms with Crippen molar-refractivity contribution in [2.24, 2.45) is 5.92 Å². The number of piperidine rings is 1. The second kappa shape index (κ2) is 11.1. The van der Waals surface area contributed by atoms with Gasteiger partial charge in [-0.05, 0) is 78.9 Å². The van der Waals surface area contributed by atoms with E-state index < -0.39 is 5.97 Å². The average Bonchev–Trinajstić information content (AvgIpc) is 2.94. The highest BCUT2D eigenvalue weighted by molar-refractivity contribution is 7.71. The van der Waals surface area contributed by atoms with Gasteiger partial charge in [-0.25, -0.2) is 4.79 Å². The zero-order valence-corrected chi connectivity index (χ0v) is 22.0. The van der Waals surface area contributed by atoms with Gasteiger partial charge in [0.2, 0.25) is 5.91 Å². The standard InChI is InChI=1S/C30H29N3O4S/c1-37-29(36)23-9-12-25-26(19-23)31-30(38)33(28(25)35)24-10-7-21(8-11-24)18-27(34)32-15-13-22(14-16-32)17-20-5-3-2-4-6-20/h2-12,19,22H,13-18H2,1H3,(H,31,38). The molecule has 1 aliphatic rings. The van der Waals surface area contributed by atoms with Crippen LogP contribution < -0.4 is 5.56 Å². The van der Waals surface area contributed by atoms with Gasteiger partial charge in [-0.15, -0.1) is 0 Å². The van der Waals surface area contributed by atoms with Gasteiger partial charge in [-0.1, -0.05) is 42.5 Å². The predicted molar refractivity (Wildman–Crippen MR) is 149 cm³/mol. The summed E-state index contributed by atoms with van der Waals surface area (Å²) in [7, 11) is 1.30. The molecule has 0 atom stereocenters. The Morgan fingerprint density at radius 3 is 2.37 bits per heavy atom. The first-order valence-electron chi connectivity index (χ1n) is 12.7. The number of esters is 1. The van der Waals surface area contributed by atoms with Gasteiger partial charge < -0.3 is 14.6 Å². The molecule has 1 fully saturated rings. The largest absolute Gasteiger partial charge is 0.465 e. The third kappa shape index (κ3) is 5.45. The number of hydrogen-bond donors (Lipinski definition) is 1. The normalized spacial score (nSPS) is 14.0. The monoisotopic (exact) mass is 527 g/mol. The number of methoxy groups -OCH3 is 1. The van der Waals surface area contributed by atoms with E-state index in [1.54, 1.807) is 30.3 Å². The van der Waals surface area contributed by atoms with Gasteiger partial charge in [0.1, 0.15) is 0 Å². The maximum Gasteiger partial charge on any atom is 0.337 e. The maximum absolute atomic E-state index is 13.2. The zero-order valence-electron chi connectivity index (χ0n) is 21.2. The van der Waals surface area contributed by atoms with Crippen molar-refractivity contribution in [3.05, 3.63) is 105 Å². The molecule has 4 aromatic rings. The molecule has 3 aromatic carbocycles. The minimum atomic E-state index is -0.489. The molecule has 5 rings (SSSR count). The number of amides is 1. The maximum atomic E-state index is 13.2. The number of aromatic amines is 1. The van der Waals surface area contributed by atoms with Crippen molar-refractivity contribution in [2.45, 2.75) is 25.7 Å². The Balaban J connectivity index is 1.25. The number of hydrogen-bond acceptors (Lipinski definition) is 5. The van der Waals surface area contributed by atoms with Crippen LogP contribution in [-0.2, 0) is 22.4 Å². The molecule has 0 radical (unpaired) electrons. The molecule has 0 spiro atoms. The van der Waals surface area contributed by atoms with Gasteiger partial charge in [-0.3, -0.25) is 14.2 Å². The van der Waals surface area contributed by atoms with Crippen LogP contribution in [0.5, 0.6) is 0 Å². The summed E-state index contributed by atoms with van der Waals surface area (Å²) in [5, 5.41) is 0.404. The molecule has 0 unspecified atom stereocenters. The van der Waals surface area contributed by atoms with Gasteiger partial charge in [0.15, 0.2) is 4.77 Å². The lowest BCUT2D eigenvalue weighted by atomic mass is 9.90. The second-order valence-corrected chi connectivity index (χ2v) is 10.1. The van der Waals surface area contributed by atoms with Crippen molar-refractivity contribution in [3.63, 3.8) is 0 Å². The van der Waals surface area contributed by atoms with Gasteiger partial charge in [-0.2, -0.15) is 0 Å². The highest BCUT2D eigenvalue weighted by Crippen LogP contribution is 2.22. The Hall–Kier alpha value is -4.04. The number of ether oxygens (including phenoxy) is 1. The molecule has 1 aromatic heterocycles. The molecule has 0 saturated carbocycles. The second-order valence-electron chi connectivity index (χ2n) is 9.68. The lowest BCUT2D eigenvalue weighted by molar-refractivity contribution is -0.131. The van der Waals surface area contributed by atoms with Crippen LogP contribution in [-0.4, -0.2) is 46.5 Å². The summed E-state index contributed by atoms with van der Waals surface area (Å²) < 4.78 is 6.38. The Labute approximate surface area is 225 Å². The van der Waals surface area contributed by atoms with Crippen molar-refractivity contribution in [1.82, 2.24) is 14.5 Å². The van der Waals surface area contributed by atoms with Crippen molar-refractivity contribution in [3.8, 4) is 5.69 Å². The minimum Gasteiger partial charge on any atom is -0.465 e. The summed E-state index contributed by atoms with van der Waals surface area (Å²) in [6, 6.07) is 22.5. The van der Waals surface area contributed by atoms with Crippen LogP contribution in [0.15, 0.2) is 77.6 Å². The Morgan fingerprint density at radius 1 is 0.974 bits per heavy atom. The summed E-state index contributed by atoms with van der Waals surface area (Å²) >= 11 is 5.46. The first-order valence-corrected chi connectivity index (χ1v) is 13.1. The van der Waals surface area contributed by atoms with Gasteiger partial charge in [0.25, 0.3) is 5.56 Å². The predicted octanol–water partition coefficient (Wildman–Crippen LogP) is 4.86. The first kappa shape index (κ1) is 25.6. The SMILES string of the molecule is COC(=O)c1ccc2c(=O)n(-c3ccc(CC(=O)N4CCC(Cc5ccccc5)CC4)cc3)c(=S)[nH]c2c1. The molecule has 0 aliphatic carbocycles. The molecule has 1 saturated heterocycles. The number of nitrogens with one attached hydrogen (secondary N) is 1. The highest BCUT2D eigenvalue weighted by atomic mass is 32.1. The molecule has 1 N–H and O–H groups in total. The van der Waals surface area contributed by atoms with Crippen LogP contribution in [0.2, 0.25) is 0 Å². The summed E-state index contributed by atoms with van der Waals surface area (Å²) in [6.07, 6.45) is 3.42. The van der Waals surface area contributed by atoms with E-state index in [4.69, 9.17) is 17.0 Å². The van der Waals surface area contributed by atoms with Crippen molar-refractivity contribution in [2.75, 3.05) is 20.2 Å². The smallest absolute Gasteiger partial charge is 0.337 e. The minimum absolute atomic E-state index is 0.123. The van der Waals surface area contributed by atoms with Crippen molar-refractivity contribution >= 4 is 35.0 Å². The quantitative estimate of drug-likeness (QED) is 0.286. The number of fused-ring (bicyclic) bond motifs is 1. The van der Waals surface area contributed by atoms with E-state index in [0.717, 1.165) is 37.9 Å². The zero-order chi connectivity index (χ0) is 26.6. The fourth-order valence-electron chi connectivity index (χ4n) is 5.08. The Morgan fingerprint density at radius 2 is 1.68 bits per heavy atom. The topological polar surface area (TPSA) is 84.4 Å². The number of benzene rings is 3. The number of likely N-dealkylation sites (tertiary alicyclic amines) is 1. The fourth-order valence-corrected chi connectivity index (χ4v) is 5.38. The molecule has 2 heterocycles. The Kier molecular flexibility index (Phi) is 7.51. The van der Waals surface area contributed by atoms with Crippen molar-refractivity contribution in [1.29, 1.82) is 0 Å². The molecule has 0 bridgehead atoms. The number of nitrogens with zero attached hydrogens (tertiary/aromatic N) is 2. The van der Waals surface area contributed by atoms with Gasteiger partial charge >= 0.3 is 5.97 Å². The van der Waals surface area contributed by atoms with Crippen molar-refractivity contribution < 1.29 is 14.3 Å². The third-order valence-electron chi connectivity index (χ3n) is 7.20. The lowest BCUT2D eigenvalue weighted by Crippen LogP contribution is -2.39. The summed E-state index contributed by atoms with van der Waals surface area (Å²) in [4.78, 5) is 43.0. The number of aromatic nitrogens is 2. The van der Waals surface area contributed by atoms with E-state index in [9.17, 15) is 14.4 Å². The van der Waals surface area contributed by atoms with Gasteiger partial charge in [0.05, 0.1) is 35.7 Å². The third-order valence-corrected chi connectivity index (χ3v) is 7.49. The molecular formula is C30H29N3O4S. The molecule has 7 nitrogen and oxygen atoms in total. The summed E-state index contributed by atoms with van der Waals surface area (Å²) in [6.45, 7) is 1.57. The molecular weight excluding hydrogens is 498 g/mol. The molecule has 194 valence electrons. The van der Waals surface area contributed by atoms with Gasteiger partial charge in [0, 0.05) is 13.1 Å². The number of H-pyrrole nitrogens is 1.